The van der Waals surface area contributed by atoms with Crippen molar-refractivity contribution in [1.29, 1.82) is 0 Å². The Morgan fingerprint density at radius 3 is 2.79 bits per heavy atom. The van der Waals surface area contributed by atoms with Gasteiger partial charge in [0.1, 0.15) is 0 Å². The molecule has 1 saturated carbocycles. The van der Waals surface area contributed by atoms with Crippen LogP contribution in [0.4, 0.5) is 0 Å². The average Bonchev–Trinajstić information content (AvgIpc) is 3.19. The number of pyridine rings is 1. The Hall–Kier alpha value is -2.11. The number of likely N-dealkylation sites (tertiary alicyclic amines) is 1. The number of carbonyl (C=O) groups is 1. The van der Waals surface area contributed by atoms with Crippen LogP contribution >= 0.6 is 0 Å². The number of nitrogens with zero attached hydrogens (tertiary/aromatic N) is 4. The number of hydrogen-bond acceptors (Lipinski definition) is 3. The number of amides is 1. The first-order valence-corrected chi connectivity index (χ1v) is 8.97. The molecule has 1 atom stereocenters. The molecule has 1 saturated heterocycles. The number of aromatic nitrogens is 3. The second kappa shape index (κ2) is 6.07. The molecule has 4 rings (SSSR count). The van der Waals surface area contributed by atoms with E-state index in [-0.39, 0.29) is 17.6 Å². The molecule has 1 amide bonds. The number of imidazole rings is 1. The summed E-state index contributed by atoms with van der Waals surface area (Å²) in [7, 11) is 1.78. The molecule has 1 aliphatic heterocycles. The maximum atomic E-state index is 12.7. The third-order valence-corrected chi connectivity index (χ3v) is 5.64. The molecule has 1 aliphatic carbocycles. The molecule has 2 aromatic rings. The van der Waals surface area contributed by atoms with Crippen LogP contribution in [0, 0.1) is 5.92 Å². The number of aryl methyl sites for hydroxylation is 1. The summed E-state index contributed by atoms with van der Waals surface area (Å²) < 4.78 is 3.43. The molecule has 2 aromatic heterocycles. The lowest BCUT2D eigenvalue weighted by molar-refractivity contribution is -0.135. The lowest BCUT2D eigenvalue weighted by atomic mass is 9.88. The molecule has 3 heterocycles. The summed E-state index contributed by atoms with van der Waals surface area (Å²) in [5, 5.41) is 0. The first-order chi connectivity index (χ1) is 11.7. The lowest BCUT2D eigenvalue weighted by Crippen LogP contribution is -2.36. The normalized spacial score (nSPS) is 22.4. The van der Waals surface area contributed by atoms with Crippen LogP contribution in [-0.4, -0.2) is 38.0 Å². The van der Waals surface area contributed by atoms with Crippen LogP contribution in [-0.2, 0) is 11.8 Å². The summed E-state index contributed by atoms with van der Waals surface area (Å²) >= 11 is 0. The maximum absolute atomic E-state index is 12.7. The smallest absolute Gasteiger partial charge is 0.330 e. The van der Waals surface area contributed by atoms with Gasteiger partial charge >= 0.3 is 5.69 Å². The van der Waals surface area contributed by atoms with Crippen molar-refractivity contribution in [2.75, 3.05) is 13.1 Å². The first kappa shape index (κ1) is 15.4. The van der Waals surface area contributed by atoms with Crippen LogP contribution in [0.2, 0.25) is 0 Å². The minimum absolute atomic E-state index is 0.0311. The molecule has 6 heteroatoms. The minimum Gasteiger partial charge on any atom is -0.340 e. The van der Waals surface area contributed by atoms with E-state index in [1.54, 1.807) is 22.4 Å². The lowest BCUT2D eigenvalue weighted by Gasteiger charge is -2.26. The molecule has 2 aliphatic rings. The molecule has 0 N–H and O–H groups in total. The number of carbonyl (C=O) groups excluding carboxylic acids is 1. The van der Waals surface area contributed by atoms with Gasteiger partial charge in [-0.1, -0.05) is 19.3 Å². The van der Waals surface area contributed by atoms with Crippen LogP contribution in [0.25, 0.3) is 11.2 Å². The predicted octanol–water partition coefficient (Wildman–Crippen LogP) is 2.09. The largest absolute Gasteiger partial charge is 0.340 e. The predicted molar refractivity (Wildman–Crippen MR) is 91.8 cm³/mol. The summed E-state index contributed by atoms with van der Waals surface area (Å²) in [6.45, 7) is 1.38. The zero-order valence-corrected chi connectivity index (χ0v) is 14.1. The van der Waals surface area contributed by atoms with E-state index in [2.05, 4.69) is 4.98 Å². The summed E-state index contributed by atoms with van der Waals surface area (Å²) in [5.74, 6) is 0.485. The molecule has 2 fully saturated rings. The molecule has 0 radical (unpaired) electrons. The number of hydrogen-bond donors (Lipinski definition) is 0. The van der Waals surface area contributed by atoms with Gasteiger partial charge < -0.3 is 4.90 Å². The molecule has 6 nitrogen and oxygen atoms in total. The van der Waals surface area contributed by atoms with Crippen LogP contribution in [0.15, 0.2) is 23.1 Å². The molecular weight excluding hydrogens is 304 g/mol. The monoisotopic (exact) mass is 328 g/mol. The van der Waals surface area contributed by atoms with Crippen molar-refractivity contribution >= 4 is 17.1 Å². The van der Waals surface area contributed by atoms with E-state index >= 15 is 0 Å². The van der Waals surface area contributed by atoms with Gasteiger partial charge in [-0.05, 0) is 31.4 Å². The number of rotatable bonds is 2. The third kappa shape index (κ3) is 2.44. The first-order valence-electron chi connectivity index (χ1n) is 8.97. The fraction of sp³-hybridized carbons (Fsp3) is 0.611. The van der Waals surface area contributed by atoms with Gasteiger partial charge in [0.15, 0.2) is 5.65 Å². The van der Waals surface area contributed by atoms with E-state index in [0.717, 1.165) is 37.0 Å². The molecule has 128 valence electrons. The van der Waals surface area contributed by atoms with Crippen molar-refractivity contribution in [3.8, 4) is 0 Å². The van der Waals surface area contributed by atoms with Gasteiger partial charge in [0.2, 0.25) is 5.91 Å². The fourth-order valence-electron chi connectivity index (χ4n) is 4.28. The third-order valence-electron chi connectivity index (χ3n) is 5.64. The van der Waals surface area contributed by atoms with Gasteiger partial charge in [-0.25, -0.2) is 9.78 Å². The van der Waals surface area contributed by atoms with Gasteiger partial charge in [0, 0.05) is 32.3 Å². The van der Waals surface area contributed by atoms with Gasteiger partial charge in [0.05, 0.1) is 11.6 Å². The molecule has 0 aromatic carbocycles. The Labute approximate surface area is 141 Å². The van der Waals surface area contributed by atoms with Crippen molar-refractivity contribution in [1.82, 2.24) is 19.0 Å². The molecule has 0 bridgehead atoms. The summed E-state index contributed by atoms with van der Waals surface area (Å²) in [4.78, 5) is 31.8. The fourth-order valence-corrected chi connectivity index (χ4v) is 4.28. The Balaban J connectivity index is 1.58. The van der Waals surface area contributed by atoms with Crippen LogP contribution in [0.3, 0.4) is 0 Å². The summed E-state index contributed by atoms with van der Waals surface area (Å²) in [5.41, 5.74) is 1.53. The Kier molecular flexibility index (Phi) is 3.90. The maximum Gasteiger partial charge on any atom is 0.330 e. The molecule has 24 heavy (non-hydrogen) atoms. The Bertz CT molecular complexity index is 816. The molecular formula is C18H24N4O2. The van der Waals surface area contributed by atoms with E-state index in [1.807, 2.05) is 17.0 Å². The number of fused-ring (bicyclic) bond motifs is 1. The van der Waals surface area contributed by atoms with Crippen molar-refractivity contribution in [2.45, 2.75) is 44.6 Å². The van der Waals surface area contributed by atoms with Crippen LogP contribution in [0.5, 0.6) is 0 Å². The highest BCUT2D eigenvalue weighted by Crippen LogP contribution is 2.29. The summed E-state index contributed by atoms with van der Waals surface area (Å²) in [6.07, 6.45) is 8.18. The zero-order chi connectivity index (χ0) is 16.7. The SMILES string of the molecule is Cn1c(=O)n([C@H]2CCN(C(=O)C3CCCCC3)C2)c2ncccc21. The van der Waals surface area contributed by atoms with E-state index in [9.17, 15) is 9.59 Å². The quantitative estimate of drug-likeness (QED) is 0.848. The van der Waals surface area contributed by atoms with Crippen molar-refractivity contribution in [3.63, 3.8) is 0 Å². The second-order valence-electron chi connectivity index (χ2n) is 7.12. The van der Waals surface area contributed by atoms with Crippen molar-refractivity contribution in [2.24, 2.45) is 13.0 Å². The van der Waals surface area contributed by atoms with Gasteiger partial charge in [-0.3, -0.25) is 13.9 Å². The highest BCUT2D eigenvalue weighted by molar-refractivity contribution is 5.79. The summed E-state index contributed by atoms with van der Waals surface area (Å²) in [6, 6.07) is 3.79. The van der Waals surface area contributed by atoms with Crippen molar-refractivity contribution in [3.05, 3.63) is 28.8 Å². The van der Waals surface area contributed by atoms with E-state index in [1.165, 1.54) is 19.3 Å². The average molecular weight is 328 g/mol. The Morgan fingerprint density at radius 1 is 1.21 bits per heavy atom. The van der Waals surface area contributed by atoms with E-state index < -0.39 is 0 Å². The molecule has 0 unspecified atom stereocenters. The minimum atomic E-state index is -0.0411. The van der Waals surface area contributed by atoms with Gasteiger partial charge in [-0.15, -0.1) is 0 Å². The van der Waals surface area contributed by atoms with Crippen molar-refractivity contribution < 1.29 is 4.79 Å². The standard InChI is InChI=1S/C18H24N4O2/c1-20-15-8-5-10-19-16(15)22(18(20)24)14-9-11-21(12-14)17(23)13-6-3-2-4-7-13/h5,8,10,13-14H,2-4,6-7,9,11-12H2,1H3/t14-/m0/s1. The molecule has 0 spiro atoms. The second-order valence-corrected chi connectivity index (χ2v) is 7.12. The van der Waals surface area contributed by atoms with Crippen LogP contribution in [0.1, 0.15) is 44.6 Å². The van der Waals surface area contributed by atoms with Gasteiger partial charge in [-0.2, -0.15) is 0 Å². The Morgan fingerprint density at radius 2 is 2.00 bits per heavy atom. The van der Waals surface area contributed by atoms with Crippen LogP contribution < -0.4 is 5.69 Å². The van der Waals surface area contributed by atoms with Gasteiger partial charge in [0.25, 0.3) is 0 Å². The topological polar surface area (TPSA) is 60.1 Å². The zero-order valence-electron chi connectivity index (χ0n) is 14.1. The van der Waals surface area contributed by atoms with E-state index in [0.29, 0.717) is 12.5 Å². The van der Waals surface area contributed by atoms with E-state index in [4.69, 9.17) is 0 Å². The highest BCUT2D eigenvalue weighted by atomic mass is 16.2. The highest BCUT2D eigenvalue weighted by Gasteiger charge is 2.33.